The number of thiazole rings is 1. The molecular weight excluding hydrogens is 546 g/mol. The Labute approximate surface area is 235 Å². The molecule has 0 fully saturated rings. The molecule has 2 amide bonds. The van der Waals surface area contributed by atoms with Gasteiger partial charge in [0, 0.05) is 46.0 Å². The van der Waals surface area contributed by atoms with Gasteiger partial charge in [0.25, 0.3) is 11.8 Å². The molecule has 0 radical (unpaired) electrons. The molecule has 198 valence electrons. The van der Waals surface area contributed by atoms with Crippen LogP contribution < -0.4 is 5.32 Å². The van der Waals surface area contributed by atoms with E-state index in [4.69, 9.17) is 23.2 Å². The van der Waals surface area contributed by atoms with Crippen molar-refractivity contribution in [2.45, 2.75) is 32.9 Å². The second-order valence-electron chi connectivity index (χ2n) is 8.73. The molecule has 0 spiro atoms. The van der Waals surface area contributed by atoms with Crippen molar-refractivity contribution in [2.75, 3.05) is 13.1 Å². The molecule has 0 aliphatic carbocycles. The molecule has 0 unspecified atom stereocenters. The molecule has 2 heterocycles. The first-order chi connectivity index (χ1) is 18.3. The first-order valence-corrected chi connectivity index (χ1v) is 13.8. The Morgan fingerprint density at radius 2 is 1.92 bits per heavy atom. The quantitative estimate of drug-likeness (QED) is 0.224. The highest BCUT2D eigenvalue weighted by Crippen LogP contribution is 2.21. The molecule has 38 heavy (non-hydrogen) atoms. The van der Waals surface area contributed by atoms with E-state index in [1.807, 2.05) is 35.9 Å². The molecule has 0 aliphatic rings. The molecule has 4 rings (SSSR count). The van der Waals surface area contributed by atoms with Crippen molar-refractivity contribution in [3.8, 4) is 0 Å². The van der Waals surface area contributed by atoms with Crippen LogP contribution in [0, 0.1) is 5.82 Å². The fourth-order valence-corrected chi connectivity index (χ4v) is 5.27. The molecular formula is C28H27Cl2FN4O2S. The van der Waals surface area contributed by atoms with E-state index in [2.05, 4.69) is 10.3 Å². The van der Waals surface area contributed by atoms with Crippen LogP contribution in [-0.2, 0) is 19.5 Å². The predicted octanol–water partition coefficient (Wildman–Crippen LogP) is 6.46. The van der Waals surface area contributed by atoms with Gasteiger partial charge in [0.15, 0.2) is 0 Å². The molecule has 0 saturated carbocycles. The van der Waals surface area contributed by atoms with Crippen molar-refractivity contribution in [1.29, 1.82) is 0 Å². The van der Waals surface area contributed by atoms with Gasteiger partial charge >= 0.3 is 0 Å². The lowest BCUT2D eigenvalue weighted by molar-refractivity contribution is 0.0739. The van der Waals surface area contributed by atoms with E-state index in [1.54, 1.807) is 22.4 Å². The molecule has 10 heteroatoms. The third-order valence-corrected chi connectivity index (χ3v) is 7.35. The second kappa shape index (κ2) is 13.0. The minimum atomic E-state index is -0.375. The van der Waals surface area contributed by atoms with Crippen molar-refractivity contribution in [2.24, 2.45) is 0 Å². The Hall–Kier alpha value is -3.20. The zero-order chi connectivity index (χ0) is 27.1. The number of benzene rings is 2. The fraction of sp³-hybridized carbons (Fsp3) is 0.250. The number of nitrogens with zero attached hydrogens (tertiary/aromatic N) is 3. The van der Waals surface area contributed by atoms with E-state index >= 15 is 0 Å². The van der Waals surface area contributed by atoms with Crippen molar-refractivity contribution < 1.29 is 14.0 Å². The van der Waals surface area contributed by atoms with Crippen LogP contribution in [0.3, 0.4) is 0 Å². The molecule has 0 atom stereocenters. The van der Waals surface area contributed by atoms with Crippen LogP contribution in [0.4, 0.5) is 4.39 Å². The number of carbonyl (C=O) groups is 2. The Morgan fingerprint density at radius 1 is 1.13 bits per heavy atom. The Bertz CT molecular complexity index is 1400. The summed E-state index contributed by atoms with van der Waals surface area (Å²) in [5, 5.41) is 6.54. The van der Waals surface area contributed by atoms with Crippen LogP contribution in [-0.4, -0.2) is 39.4 Å². The van der Waals surface area contributed by atoms with Crippen LogP contribution in [0.2, 0.25) is 10.0 Å². The standard InChI is InChI=1S/C28H27Cl2FN4O2S/c1-2-13-35(28(37)20-6-9-22(31)10-7-20)16-23-4-3-14-34(23)17-26-33-25(18-38-26)27(36)32-12-11-19-5-8-21(29)15-24(19)30/h3-10,14-15,18H,2,11-13,16-17H2,1H3,(H,32,36). The van der Waals surface area contributed by atoms with Gasteiger partial charge in [-0.3, -0.25) is 9.59 Å². The minimum absolute atomic E-state index is 0.146. The number of hydrogen-bond donors (Lipinski definition) is 1. The van der Waals surface area contributed by atoms with E-state index in [9.17, 15) is 14.0 Å². The van der Waals surface area contributed by atoms with Gasteiger partial charge in [-0.15, -0.1) is 11.3 Å². The summed E-state index contributed by atoms with van der Waals surface area (Å²) < 4.78 is 15.3. The van der Waals surface area contributed by atoms with Gasteiger partial charge in [0.05, 0.1) is 13.1 Å². The highest BCUT2D eigenvalue weighted by Gasteiger charge is 2.18. The Balaban J connectivity index is 1.36. The number of halogens is 3. The van der Waals surface area contributed by atoms with Crippen molar-refractivity contribution in [3.05, 3.63) is 110 Å². The third kappa shape index (κ3) is 7.22. The summed E-state index contributed by atoms with van der Waals surface area (Å²) in [6.45, 7) is 3.89. The van der Waals surface area contributed by atoms with Crippen molar-refractivity contribution >= 4 is 46.4 Å². The number of nitrogens with one attached hydrogen (secondary N) is 1. The van der Waals surface area contributed by atoms with Gasteiger partial charge in [-0.2, -0.15) is 0 Å². The van der Waals surface area contributed by atoms with Gasteiger partial charge in [-0.05, 0) is 66.9 Å². The average Bonchev–Trinajstić information content (AvgIpc) is 3.55. The summed E-state index contributed by atoms with van der Waals surface area (Å²) in [6.07, 6.45) is 3.30. The molecule has 0 saturated heterocycles. The molecule has 2 aromatic carbocycles. The maximum absolute atomic E-state index is 13.3. The SMILES string of the molecule is CCCN(Cc1cccn1Cc1nc(C(=O)NCCc2ccc(Cl)cc2Cl)cs1)C(=O)c1ccc(F)cc1. The van der Waals surface area contributed by atoms with Gasteiger partial charge in [-0.1, -0.05) is 36.2 Å². The maximum atomic E-state index is 13.3. The van der Waals surface area contributed by atoms with E-state index in [-0.39, 0.29) is 17.6 Å². The summed E-state index contributed by atoms with van der Waals surface area (Å²) in [5.41, 5.74) is 2.66. The molecule has 0 aliphatic heterocycles. The van der Waals surface area contributed by atoms with Gasteiger partial charge in [0.1, 0.15) is 16.5 Å². The van der Waals surface area contributed by atoms with E-state index < -0.39 is 0 Å². The van der Waals surface area contributed by atoms with Crippen LogP contribution in [0.5, 0.6) is 0 Å². The highest BCUT2D eigenvalue weighted by atomic mass is 35.5. The summed E-state index contributed by atoms with van der Waals surface area (Å²) in [7, 11) is 0. The van der Waals surface area contributed by atoms with Crippen molar-refractivity contribution in [3.63, 3.8) is 0 Å². The first kappa shape index (κ1) is 27.8. The number of carbonyl (C=O) groups excluding carboxylic acids is 2. The van der Waals surface area contributed by atoms with Crippen molar-refractivity contribution in [1.82, 2.24) is 19.8 Å². The van der Waals surface area contributed by atoms with Gasteiger partial charge < -0.3 is 14.8 Å². The van der Waals surface area contributed by atoms with Crippen LogP contribution in [0.15, 0.2) is 66.2 Å². The Morgan fingerprint density at radius 3 is 2.66 bits per heavy atom. The lowest BCUT2D eigenvalue weighted by Crippen LogP contribution is -2.32. The zero-order valence-electron chi connectivity index (χ0n) is 20.8. The van der Waals surface area contributed by atoms with Crippen LogP contribution >= 0.6 is 34.5 Å². The van der Waals surface area contributed by atoms with Crippen LogP contribution in [0.1, 0.15) is 50.5 Å². The molecule has 2 aromatic heterocycles. The van der Waals surface area contributed by atoms with E-state index in [1.165, 1.54) is 35.6 Å². The largest absolute Gasteiger partial charge is 0.350 e. The summed E-state index contributed by atoms with van der Waals surface area (Å²) >= 11 is 13.5. The number of rotatable bonds is 11. The molecule has 6 nitrogen and oxygen atoms in total. The Kier molecular flexibility index (Phi) is 9.55. The first-order valence-electron chi connectivity index (χ1n) is 12.2. The van der Waals surface area contributed by atoms with E-state index in [0.29, 0.717) is 53.9 Å². The predicted molar refractivity (Wildman–Crippen MR) is 150 cm³/mol. The number of aromatic nitrogens is 2. The smallest absolute Gasteiger partial charge is 0.270 e. The average molecular weight is 574 g/mol. The monoisotopic (exact) mass is 572 g/mol. The molecule has 4 aromatic rings. The van der Waals surface area contributed by atoms with Gasteiger partial charge in [0.2, 0.25) is 0 Å². The van der Waals surface area contributed by atoms with E-state index in [0.717, 1.165) is 22.7 Å². The highest BCUT2D eigenvalue weighted by molar-refractivity contribution is 7.09. The normalized spacial score (nSPS) is 10.9. The number of hydrogen-bond acceptors (Lipinski definition) is 4. The second-order valence-corrected chi connectivity index (χ2v) is 10.5. The summed E-state index contributed by atoms with van der Waals surface area (Å²) in [5.74, 6) is -0.767. The summed E-state index contributed by atoms with van der Waals surface area (Å²) in [6, 6.07) is 14.8. The topological polar surface area (TPSA) is 67.2 Å². The summed E-state index contributed by atoms with van der Waals surface area (Å²) in [4.78, 5) is 31.9. The fourth-order valence-electron chi connectivity index (χ4n) is 4.00. The molecule has 0 bridgehead atoms. The van der Waals surface area contributed by atoms with Gasteiger partial charge in [-0.25, -0.2) is 9.37 Å². The zero-order valence-corrected chi connectivity index (χ0v) is 23.1. The lowest BCUT2D eigenvalue weighted by Gasteiger charge is -2.23. The maximum Gasteiger partial charge on any atom is 0.270 e. The minimum Gasteiger partial charge on any atom is -0.350 e. The van der Waals surface area contributed by atoms with Crippen LogP contribution in [0.25, 0.3) is 0 Å². The number of amides is 2. The third-order valence-electron chi connectivity index (χ3n) is 5.93. The molecule has 1 N–H and O–H groups in total. The lowest BCUT2D eigenvalue weighted by atomic mass is 10.1.